The summed E-state index contributed by atoms with van der Waals surface area (Å²) in [5, 5.41) is 1.25. The molecule has 0 rings (SSSR count). The van der Waals surface area contributed by atoms with Gasteiger partial charge in [0.25, 0.3) is 0 Å². The van der Waals surface area contributed by atoms with Crippen LogP contribution in [0.3, 0.4) is 0 Å². The van der Waals surface area contributed by atoms with Crippen LogP contribution in [0.15, 0.2) is 12.7 Å². The van der Waals surface area contributed by atoms with Crippen molar-refractivity contribution in [2.75, 3.05) is 6.54 Å². The first kappa shape index (κ1) is 6.59. The molecule has 0 aliphatic carbocycles. The SMILES string of the molecule is C=CCN(N)[C]=S. The maximum absolute atomic E-state index is 5.13. The van der Waals surface area contributed by atoms with Crippen LogP contribution >= 0.6 is 12.2 Å². The Kier molecular flexibility index (Phi) is 3.55. The zero-order chi connectivity index (χ0) is 5.70. The van der Waals surface area contributed by atoms with Crippen molar-refractivity contribution in [2.45, 2.75) is 0 Å². The summed E-state index contributed by atoms with van der Waals surface area (Å²) < 4.78 is 0. The molecule has 0 amide bonds. The van der Waals surface area contributed by atoms with Crippen molar-refractivity contribution in [1.82, 2.24) is 5.01 Å². The first-order chi connectivity index (χ1) is 3.31. The van der Waals surface area contributed by atoms with E-state index in [4.69, 9.17) is 5.84 Å². The Hall–Kier alpha value is -0.410. The predicted octanol–water partition coefficient (Wildman–Crippen LogP) is 0.182. The topological polar surface area (TPSA) is 29.3 Å². The van der Waals surface area contributed by atoms with Crippen LogP contribution in [0, 0.1) is 0 Å². The lowest BCUT2D eigenvalue weighted by Crippen LogP contribution is -2.28. The highest BCUT2D eigenvalue weighted by molar-refractivity contribution is 7.78. The van der Waals surface area contributed by atoms with Gasteiger partial charge in [-0.05, 0) is 0 Å². The van der Waals surface area contributed by atoms with Gasteiger partial charge in [0, 0.05) is 0 Å². The van der Waals surface area contributed by atoms with Gasteiger partial charge in [0.2, 0.25) is 0 Å². The Morgan fingerprint density at radius 3 is 2.71 bits per heavy atom. The first-order valence-electron chi connectivity index (χ1n) is 1.82. The molecule has 0 saturated heterocycles. The Labute approximate surface area is 48.6 Å². The molecule has 0 aromatic rings. The summed E-state index contributed by atoms with van der Waals surface area (Å²) in [4.78, 5) is 0. The van der Waals surface area contributed by atoms with Crippen molar-refractivity contribution >= 4 is 17.7 Å². The van der Waals surface area contributed by atoms with E-state index in [1.807, 2.05) is 0 Å². The molecule has 0 aromatic heterocycles. The van der Waals surface area contributed by atoms with Crippen molar-refractivity contribution in [3.05, 3.63) is 12.7 Å². The third kappa shape index (κ3) is 3.42. The van der Waals surface area contributed by atoms with E-state index in [0.29, 0.717) is 6.54 Å². The largest absolute Gasteiger partial charge is 0.295 e. The highest BCUT2D eigenvalue weighted by Gasteiger charge is 1.81. The van der Waals surface area contributed by atoms with E-state index in [1.54, 1.807) is 6.08 Å². The third-order valence-electron chi connectivity index (χ3n) is 0.443. The van der Waals surface area contributed by atoms with E-state index in [1.165, 1.54) is 5.01 Å². The standard InChI is InChI=1S/C4H7N2S/c1-2-3-6(5)4-7/h2H,1,3,5H2. The maximum Gasteiger partial charge on any atom is 0.152 e. The highest BCUT2D eigenvalue weighted by atomic mass is 32.1. The minimum absolute atomic E-state index is 0.559. The number of nitrogens with zero attached hydrogens (tertiary/aromatic N) is 1. The molecule has 0 atom stereocenters. The van der Waals surface area contributed by atoms with E-state index in [0.717, 1.165) is 0 Å². The molecule has 0 aliphatic heterocycles. The second kappa shape index (κ2) is 3.77. The van der Waals surface area contributed by atoms with Crippen molar-refractivity contribution in [1.29, 1.82) is 0 Å². The van der Waals surface area contributed by atoms with Crippen molar-refractivity contribution in [3.63, 3.8) is 0 Å². The Morgan fingerprint density at radius 2 is 2.57 bits per heavy atom. The monoisotopic (exact) mass is 115 g/mol. The fourth-order valence-electron chi connectivity index (χ4n) is 0.176. The molecule has 7 heavy (non-hydrogen) atoms. The highest BCUT2D eigenvalue weighted by Crippen LogP contribution is 1.68. The minimum atomic E-state index is 0.559. The van der Waals surface area contributed by atoms with Crippen molar-refractivity contribution in [3.8, 4) is 0 Å². The molecule has 0 aliphatic rings. The summed E-state index contributed by atoms with van der Waals surface area (Å²) >= 11 is 4.34. The lowest BCUT2D eigenvalue weighted by Gasteiger charge is -2.03. The van der Waals surface area contributed by atoms with E-state index < -0.39 is 0 Å². The second-order valence-corrected chi connectivity index (χ2v) is 1.21. The fourth-order valence-corrected chi connectivity index (χ4v) is 0.251. The summed E-state index contributed by atoms with van der Waals surface area (Å²) in [7, 11) is 0. The van der Waals surface area contributed by atoms with Crippen LogP contribution in [0.4, 0.5) is 0 Å². The van der Waals surface area contributed by atoms with Gasteiger partial charge in [0.1, 0.15) is 0 Å². The molecule has 0 spiro atoms. The van der Waals surface area contributed by atoms with Crippen LogP contribution in [-0.4, -0.2) is 17.0 Å². The van der Waals surface area contributed by atoms with Crippen LogP contribution in [0.5, 0.6) is 0 Å². The molecule has 0 saturated carbocycles. The molecule has 0 bridgehead atoms. The molecule has 0 aromatic carbocycles. The smallest absolute Gasteiger partial charge is 0.152 e. The van der Waals surface area contributed by atoms with E-state index in [9.17, 15) is 0 Å². The molecular weight excluding hydrogens is 108 g/mol. The summed E-state index contributed by atoms with van der Waals surface area (Å²) in [6, 6.07) is 0. The number of hydrazine groups is 1. The predicted molar refractivity (Wildman–Crippen MR) is 33.7 cm³/mol. The van der Waals surface area contributed by atoms with Gasteiger partial charge in [-0.3, -0.25) is 5.01 Å². The minimum Gasteiger partial charge on any atom is -0.295 e. The molecule has 0 unspecified atom stereocenters. The van der Waals surface area contributed by atoms with Crippen molar-refractivity contribution in [2.24, 2.45) is 5.84 Å². The van der Waals surface area contributed by atoms with Crippen LogP contribution in [0.2, 0.25) is 0 Å². The summed E-state index contributed by atoms with van der Waals surface area (Å²) in [6.45, 7) is 4.00. The molecule has 2 N–H and O–H groups in total. The molecular formula is C4H7N2S. The van der Waals surface area contributed by atoms with Crippen LogP contribution in [-0.2, 0) is 0 Å². The second-order valence-electron chi connectivity index (χ2n) is 1.03. The van der Waals surface area contributed by atoms with Gasteiger partial charge in [-0.2, -0.15) is 0 Å². The number of hydrogen-bond donors (Lipinski definition) is 1. The van der Waals surface area contributed by atoms with Crippen LogP contribution in [0.1, 0.15) is 0 Å². The average Bonchev–Trinajstić information content (AvgIpc) is 1.68. The van der Waals surface area contributed by atoms with Gasteiger partial charge in [-0.15, -0.1) is 6.58 Å². The number of rotatable bonds is 3. The van der Waals surface area contributed by atoms with Gasteiger partial charge >= 0.3 is 0 Å². The molecule has 0 fully saturated rings. The zero-order valence-corrected chi connectivity index (χ0v) is 4.74. The molecule has 1 radical (unpaired) electrons. The lowest BCUT2D eigenvalue weighted by atomic mass is 10.6. The van der Waals surface area contributed by atoms with Gasteiger partial charge in [0.05, 0.1) is 6.54 Å². The van der Waals surface area contributed by atoms with E-state index in [-0.39, 0.29) is 0 Å². The Balaban J connectivity index is 3.15. The average molecular weight is 115 g/mol. The quantitative estimate of drug-likeness (QED) is 0.187. The Bertz CT molecular complexity index is 72.1. The van der Waals surface area contributed by atoms with E-state index >= 15 is 0 Å². The van der Waals surface area contributed by atoms with Gasteiger partial charge in [0.15, 0.2) is 5.49 Å². The molecule has 39 valence electrons. The summed E-state index contributed by atoms with van der Waals surface area (Å²) in [6.07, 6.45) is 1.65. The number of thiocarbonyl (C=S) groups is 1. The molecule has 0 heterocycles. The van der Waals surface area contributed by atoms with Crippen LogP contribution in [0.25, 0.3) is 0 Å². The normalized spacial score (nSPS) is 7.57. The lowest BCUT2D eigenvalue weighted by molar-refractivity contribution is 0.513. The van der Waals surface area contributed by atoms with Crippen molar-refractivity contribution < 1.29 is 0 Å². The molecule has 2 nitrogen and oxygen atoms in total. The third-order valence-corrected chi connectivity index (χ3v) is 0.678. The van der Waals surface area contributed by atoms with E-state index in [2.05, 4.69) is 24.3 Å². The van der Waals surface area contributed by atoms with Gasteiger partial charge in [-0.25, -0.2) is 5.84 Å². The summed E-state index contributed by atoms with van der Waals surface area (Å²) in [5.41, 5.74) is 2.29. The number of nitrogens with two attached hydrogens (primary N) is 1. The summed E-state index contributed by atoms with van der Waals surface area (Å²) in [5.74, 6) is 5.13. The maximum atomic E-state index is 5.13. The molecule has 3 heteroatoms. The zero-order valence-electron chi connectivity index (χ0n) is 3.92. The van der Waals surface area contributed by atoms with Gasteiger partial charge in [-0.1, -0.05) is 18.3 Å². The van der Waals surface area contributed by atoms with Gasteiger partial charge < -0.3 is 0 Å². The number of hydrogen-bond acceptors (Lipinski definition) is 2. The van der Waals surface area contributed by atoms with Crippen LogP contribution < -0.4 is 5.84 Å². The fraction of sp³-hybridized carbons (Fsp3) is 0.250. The Morgan fingerprint density at radius 1 is 2.00 bits per heavy atom. The first-order valence-corrected chi connectivity index (χ1v) is 2.23.